The molecule has 3 amide bonds. The Hall–Kier alpha value is -3.46. The van der Waals surface area contributed by atoms with E-state index in [0.717, 1.165) is 0 Å². The second kappa shape index (κ2) is 13.7. The number of carbonyl (C=O) groups excluding carboxylic acids is 3. The van der Waals surface area contributed by atoms with Gasteiger partial charge >= 0.3 is 11.9 Å². The first kappa shape index (κ1) is 27.5. The zero-order chi connectivity index (χ0) is 24.1. The summed E-state index contributed by atoms with van der Waals surface area (Å²) in [5.41, 5.74) is 15.8. The lowest BCUT2D eigenvalue weighted by Crippen LogP contribution is -2.58. The van der Waals surface area contributed by atoms with E-state index >= 15 is 0 Å². The van der Waals surface area contributed by atoms with Gasteiger partial charge in [-0.3, -0.25) is 29.0 Å². The number of aliphatic hydroxyl groups is 1. The molecule has 0 rings (SSSR count). The molecule has 0 aromatic rings. The number of aliphatic imine (C=N–C) groups is 1. The Kier molecular flexibility index (Phi) is 12.2. The van der Waals surface area contributed by atoms with Crippen LogP contribution in [0.5, 0.6) is 0 Å². The van der Waals surface area contributed by atoms with E-state index in [0.29, 0.717) is 0 Å². The zero-order valence-corrected chi connectivity index (χ0v) is 16.9. The highest BCUT2D eigenvalue weighted by Gasteiger charge is 2.29. The Morgan fingerprint density at radius 2 is 1.48 bits per heavy atom. The summed E-state index contributed by atoms with van der Waals surface area (Å²) in [4.78, 5) is 62.0. The third-order valence-corrected chi connectivity index (χ3v) is 3.85. The number of aliphatic hydroxyl groups excluding tert-OH is 1. The van der Waals surface area contributed by atoms with E-state index in [4.69, 9.17) is 27.4 Å². The third-order valence-electron chi connectivity index (χ3n) is 3.85. The van der Waals surface area contributed by atoms with Crippen molar-refractivity contribution in [3.63, 3.8) is 0 Å². The molecular formula is C16H29N7O8. The van der Waals surface area contributed by atoms with Crippen LogP contribution in [-0.2, 0) is 24.0 Å². The highest BCUT2D eigenvalue weighted by atomic mass is 16.4. The van der Waals surface area contributed by atoms with Crippen LogP contribution in [0.4, 0.5) is 0 Å². The molecule has 0 saturated carbocycles. The summed E-state index contributed by atoms with van der Waals surface area (Å²) in [6.07, 6.45) is -0.461. The van der Waals surface area contributed by atoms with Crippen molar-refractivity contribution in [2.45, 2.75) is 50.4 Å². The van der Waals surface area contributed by atoms with E-state index in [9.17, 15) is 29.1 Å². The number of nitrogens with one attached hydrogen (secondary N) is 3. The SMILES string of the molecule is CC(NC(=O)C(CCCN=C(N)N)NC(=O)C(CO)NC(=O)C(N)CC(=O)O)C(=O)O. The summed E-state index contributed by atoms with van der Waals surface area (Å²) in [5, 5.41) is 33.6. The van der Waals surface area contributed by atoms with Gasteiger partial charge in [-0.05, 0) is 19.8 Å². The molecule has 0 aliphatic heterocycles. The van der Waals surface area contributed by atoms with Gasteiger partial charge in [0.15, 0.2) is 5.96 Å². The lowest BCUT2D eigenvalue weighted by Gasteiger charge is -2.23. The molecule has 0 aliphatic carbocycles. The predicted octanol–water partition coefficient (Wildman–Crippen LogP) is -4.61. The Balaban J connectivity index is 5.19. The number of nitrogens with zero attached hydrogens (tertiary/aromatic N) is 1. The molecule has 0 heterocycles. The van der Waals surface area contributed by atoms with E-state index in [-0.39, 0.29) is 25.3 Å². The molecule has 176 valence electrons. The first-order valence-electron chi connectivity index (χ1n) is 9.16. The number of hydrogen-bond donors (Lipinski definition) is 9. The number of carboxylic acid groups (broad SMARTS) is 2. The number of amides is 3. The van der Waals surface area contributed by atoms with Crippen molar-refractivity contribution >= 4 is 35.6 Å². The molecule has 0 fully saturated rings. The molecule has 4 atom stereocenters. The maximum atomic E-state index is 12.4. The average molecular weight is 447 g/mol. The van der Waals surface area contributed by atoms with Crippen LogP contribution in [0.25, 0.3) is 0 Å². The van der Waals surface area contributed by atoms with Gasteiger partial charge in [-0.2, -0.15) is 0 Å². The van der Waals surface area contributed by atoms with Gasteiger partial charge in [0.1, 0.15) is 18.1 Å². The first-order chi connectivity index (χ1) is 14.4. The summed E-state index contributed by atoms with van der Waals surface area (Å²) in [5.74, 6) is -5.60. The van der Waals surface area contributed by atoms with E-state index in [1.165, 1.54) is 6.92 Å². The molecule has 0 aliphatic rings. The minimum Gasteiger partial charge on any atom is -0.481 e. The number of aliphatic carboxylic acids is 2. The Bertz CT molecular complexity index is 695. The molecule has 15 heteroatoms. The Morgan fingerprint density at radius 1 is 0.935 bits per heavy atom. The van der Waals surface area contributed by atoms with Gasteiger partial charge in [-0.1, -0.05) is 0 Å². The van der Waals surface area contributed by atoms with Gasteiger partial charge in [0.2, 0.25) is 17.7 Å². The predicted molar refractivity (Wildman–Crippen MR) is 106 cm³/mol. The number of rotatable bonds is 14. The van der Waals surface area contributed by atoms with Crippen LogP contribution in [0.2, 0.25) is 0 Å². The average Bonchev–Trinajstić information content (AvgIpc) is 2.66. The summed E-state index contributed by atoms with van der Waals surface area (Å²) in [6.45, 7) is 0.477. The molecule has 0 aromatic carbocycles. The van der Waals surface area contributed by atoms with Crippen molar-refractivity contribution in [1.29, 1.82) is 0 Å². The van der Waals surface area contributed by atoms with Crippen molar-refractivity contribution in [1.82, 2.24) is 16.0 Å². The van der Waals surface area contributed by atoms with E-state index in [1.807, 2.05) is 0 Å². The van der Waals surface area contributed by atoms with Crippen LogP contribution >= 0.6 is 0 Å². The third kappa shape index (κ3) is 11.3. The molecular weight excluding hydrogens is 418 g/mol. The first-order valence-corrected chi connectivity index (χ1v) is 9.16. The lowest BCUT2D eigenvalue weighted by molar-refractivity contribution is -0.141. The van der Waals surface area contributed by atoms with Crippen LogP contribution in [0.15, 0.2) is 4.99 Å². The van der Waals surface area contributed by atoms with Crippen molar-refractivity contribution in [2.75, 3.05) is 13.2 Å². The highest BCUT2D eigenvalue weighted by Crippen LogP contribution is 2.01. The molecule has 0 saturated heterocycles. The molecule has 0 spiro atoms. The fourth-order valence-electron chi connectivity index (χ4n) is 2.17. The number of guanidine groups is 1. The summed E-state index contributed by atoms with van der Waals surface area (Å²) in [7, 11) is 0. The fourth-order valence-corrected chi connectivity index (χ4v) is 2.17. The molecule has 0 aromatic heterocycles. The lowest BCUT2D eigenvalue weighted by atomic mass is 10.1. The molecule has 4 unspecified atom stereocenters. The topological polar surface area (TPSA) is 273 Å². The second-order valence-corrected chi connectivity index (χ2v) is 6.53. The van der Waals surface area contributed by atoms with Crippen LogP contribution in [0, 0.1) is 0 Å². The van der Waals surface area contributed by atoms with Crippen LogP contribution < -0.4 is 33.2 Å². The summed E-state index contributed by atoms with van der Waals surface area (Å²) >= 11 is 0. The van der Waals surface area contributed by atoms with Crippen LogP contribution in [-0.4, -0.2) is 88.3 Å². The number of carboxylic acids is 2. The minimum atomic E-state index is -1.53. The monoisotopic (exact) mass is 447 g/mol. The largest absolute Gasteiger partial charge is 0.481 e. The maximum Gasteiger partial charge on any atom is 0.325 e. The normalized spacial score (nSPS) is 14.3. The molecule has 0 bridgehead atoms. The summed E-state index contributed by atoms with van der Waals surface area (Å²) in [6, 6.07) is -5.47. The van der Waals surface area contributed by atoms with Crippen LogP contribution in [0.3, 0.4) is 0 Å². The van der Waals surface area contributed by atoms with E-state index in [1.54, 1.807) is 0 Å². The van der Waals surface area contributed by atoms with E-state index in [2.05, 4.69) is 20.9 Å². The minimum absolute atomic E-state index is 0.00527. The van der Waals surface area contributed by atoms with Crippen molar-refractivity contribution in [2.24, 2.45) is 22.2 Å². The standard InChI is InChI=1S/C16H29N7O8/c1-7(15(30)31)21-13(28)9(3-2-4-20-16(18)19)22-14(29)10(6-24)23-12(27)8(17)5-11(25)26/h7-10,24H,2-6,17H2,1H3,(H,21,28)(H,22,29)(H,23,27)(H,25,26)(H,30,31)(H4,18,19,20). The number of carbonyl (C=O) groups is 5. The molecule has 31 heavy (non-hydrogen) atoms. The maximum absolute atomic E-state index is 12.4. The Labute approximate surface area is 177 Å². The molecule has 15 nitrogen and oxygen atoms in total. The Morgan fingerprint density at radius 3 is 1.97 bits per heavy atom. The van der Waals surface area contributed by atoms with Gasteiger partial charge < -0.3 is 48.5 Å². The molecule has 0 radical (unpaired) electrons. The van der Waals surface area contributed by atoms with Gasteiger partial charge in [-0.25, -0.2) is 0 Å². The van der Waals surface area contributed by atoms with Gasteiger partial charge in [0.25, 0.3) is 0 Å². The van der Waals surface area contributed by atoms with Gasteiger partial charge in [0.05, 0.1) is 19.1 Å². The fraction of sp³-hybridized carbons (Fsp3) is 0.625. The second-order valence-electron chi connectivity index (χ2n) is 6.53. The molecule has 12 N–H and O–H groups in total. The van der Waals surface area contributed by atoms with Crippen molar-refractivity contribution < 1.29 is 39.3 Å². The van der Waals surface area contributed by atoms with Crippen molar-refractivity contribution in [3.8, 4) is 0 Å². The zero-order valence-electron chi connectivity index (χ0n) is 16.9. The smallest absolute Gasteiger partial charge is 0.325 e. The highest BCUT2D eigenvalue weighted by molar-refractivity contribution is 5.94. The van der Waals surface area contributed by atoms with Gasteiger partial charge in [0, 0.05) is 6.54 Å². The van der Waals surface area contributed by atoms with Crippen LogP contribution in [0.1, 0.15) is 26.2 Å². The van der Waals surface area contributed by atoms with E-state index < -0.39 is 66.9 Å². The number of nitrogens with two attached hydrogens (primary N) is 3. The number of hydrogen-bond acceptors (Lipinski definition) is 8. The quantitative estimate of drug-likeness (QED) is 0.0693. The van der Waals surface area contributed by atoms with Gasteiger partial charge in [-0.15, -0.1) is 0 Å². The van der Waals surface area contributed by atoms with Crippen molar-refractivity contribution in [3.05, 3.63) is 0 Å². The summed E-state index contributed by atoms with van der Waals surface area (Å²) < 4.78 is 0.